The number of rotatable bonds is 3. The Hall–Kier alpha value is -1.56. The first-order valence-corrected chi connectivity index (χ1v) is 5.70. The van der Waals surface area contributed by atoms with Gasteiger partial charge in [-0.25, -0.2) is 9.67 Å². The van der Waals surface area contributed by atoms with Gasteiger partial charge in [-0.3, -0.25) is 0 Å². The normalized spacial score (nSPS) is 10.5. The maximum Gasteiger partial charge on any atom is 0.220 e. The van der Waals surface area contributed by atoms with E-state index in [0.717, 1.165) is 27.1 Å². The minimum absolute atomic E-state index is 0.767. The Bertz CT molecular complexity index is 503. The number of methoxy groups -OCH3 is 1. The van der Waals surface area contributed by atoms with Crippen molar-refractivity contribution in [3.8, 4) is 16.3 Å². The molecule has 0 spiro atoms. The Morgan fingerprint density at radius 3 is 2.81 bits per heavy atom. The number of thiazole rings is 1. The monoisotopic (exact) mass is 238 g/mol. The molecule has 0 atom stereocenters. The van der Waals surface area contributed by atoms with Gasteiger partial charge in [0.25, 0.3) is 0 Å². The van der Waals surface area contributed by atoms with Crippen molar-refractivity contribution in [2.24, 2.45) is 7.05 Å². The van der Waals surface area contributed by atoms with Gasteiger partial charge >= 0.3 is 0 Å². The largest absolute Gasteiger partial charge is 0.481 e. The summed E-state index contributed by atoms with van der Waals surface area (Å²) in [5.74, 6) is 0.767. The summed E-state index contributed by atoms with van der Waals surface area (Å²) >= 11 is 1.59. The fourth-order valence-electron chi connectivity index (χ4n) is 1.66. The van der Waals surface area contributed by atoms with Gasteiger partial charge in [0.1, 0.15) is 0 Å². The maximum absolute atomic E-state index is 5.35. The number of hydrogen-bond acceptors (Lipinski definition) is 5. The van der Waals surface area contributed by atoms with Gasteiger partial charge in [0, 0.05) is 20.3 Å². The lowest BCUT2D eigenvalue weighted by Crippen LogP contribution is -1.95. The Kier molecular flexibility index (Phi) is 2.82. The SMILES string of the molecule is CNc1ncc(-c2c(C)nn(C)c2OC)s1. The number of aryl methyl sites for hydroxylation is 2. The molecular weight excluding hydrogens is 224 g/mol. The van der Waals surface area contributed by atoms with Crippen molar-refractivity contribution < 1.29 is 4.74 Å². The zero-order valence-electron chi connectivity index (χ0n) is 9.74. The molecule has 0 saturated carbocycles. The Balaban J connectivity index is 2.54. The van der Waals surface area contributed by atoms with Crippen molar-refractivity contribution >= 4 is 16.5 Å². The molecule has 2 rings (SSSR count). The van der Waals surface area contributed by atoms with E-state index in [9.17, 15) is 0 Å². The lowest BCUT2D eigenvalue weighted by molar-refractivity contribution is 0.375. The van der Waals surface area contributed by atoms with Crippen LogP contribution in [0.25, 0.3) is 10.4 Å². The fraction of sp³-hybridized carbons (Fsp3) is 0.400. The van der Waals surface area contributed by atoms with Gasteiger partial charge in [0.05, 0.1) is 23.2 Å². The first kappa shape index (κ1) is 10.9. The van der Waals surface area contributed by atoms with Crippen LogP contribution in [0.3, 0.4) is 0 Å². The van der Waals surface area contributed by atoms with Gasteiger partial charge < -0.3 is 10.1 Å². The van der Waals surface area contributed by atoms with Crippen molar-refractivity contribution in [3.63, 3.8) is 0 Å². The lowest BCUT2D eigenvalue weighted by Gasteiger charge is -2.01. The Labute approximate surface area is 98.1 Å². The predicted molar refractivity (Wildman–Crippen MR) is 65.2 cm³/mol. The summed E-state index contributed by atoms with van der Waals surface area (Å²) in [7, 11) is 5.38. The quantitative estimate of drug-likeness (QED) is 0.887. The number of anilines is 1. The van der Waals surface area contributed by atoms with Crippen LogP contribution in [0.4, 0.5) is 5.13 Å². The van der Waals surface area contributed by atoms with Crippen LogP contribution in [0.2, 0.25) is 0 Å². The molecule has 0 fully saturated rings. The molecule has 0 aliphatic heterocycles. The van der Waals surface area contributed by atoms with Crippen molar-refractivity contribution in [3.05, 3.63) is 11.9 Å². The second kappa shape index (κ2) is 4.13. The average molecular weight is 238 g/mol. The van der Waals surface area contributed by atoms with Crippen LogP contribution in [0.1, 0.15) is 5.69 Å². The lowest BCUT2D eigenvalue weighted by atomic mass is 10.2. The fourth-order valence-corrected chi connectivity index (χ4v) is 2.52. The predicted octanol–water partition coefficient (Wildman–Crippen LogP) is 1.90. The molecule has 0 bridgehead atoms. The van der Waals surface area contributed by atoms with E-state index in [-0.39, 0.29) is 0 Å². The molecule has 0 aliphatic carbocycles. The van der Waals surface area contributed by atoms with E-state index in [0.29, 0.717) is 0 Å². The molecule has 2 aromatic heterocycles. The molecule has 6 heteroatoms. The zero-order chi connectivity index (χ0) is 11.7. The number of hydrogen-bond donors (Lipinski definition) is 1. The molecule has 2 heterocycles. The smallest absolute Gasteiger partial charge is 0.220 e. The van der Waals surface area contributed by atoms with Crippen molar-refractivity contribution in [2.75, 3.05) is 19.5 Å². The summed E-state index contributed by atoms with van der Waals surface area (Å²) < 4.78 is 7.09. The van der Waals surface area contributed by atoms with Crippen LogP contribution >= 0.6 is 11.3 Å². The van der Waals surface area contributed by atoms with Crippen LogP contribution in [0, 0.1) is 6.92 Å². The maximum atomic E-state index is 5.35. The van der Waals surface area contributed by atoms with E-state index in [1.165, 1.54) is 0 Å². The van der Waals surface area contributed by atoms with Gasteiger partial charge in [-0.1, -0.05) is 11.3 Å². The summed E-state index contributed by atoms with van der Waals surface area (Å²) in [6, 6.07) is 0. The molecule has 0 saturated heterocycles. The molecule has 0 radical (unpaired) electrons. The summed E-state index contributed by atoms with van der Waals surface area (Å²) in [5, 5.41) is 8.25. The third kappa shape index (κ3) is 1.65. The summed E-state index contributed by atoms with van der Waals surface area (Å²) in [5.41, 5.74) is 1.97. The van der Waals surface area contributed by atoms with Crippen LogP contribution in [-0.2, 0) is 7.05 Å². The van der Waals surface area contributed by atoms with Crippen LogP contribution in [0.15, 0.2) is 6.20 Å². The summed E-state index contributed by atoms with van der Waals surface area (Å²) in [6.07, 6.45) is 1.84. The van der Waals surface area contributed by atoms with Gasteiger partial charge in [-0.2, -0.15) is 5.10 Å². The van der Waals surface area contributed by atoms with Crippen LogP contribution < -0.4 is 10.1 Å². The van der Waals surface area contributed by atoms with Crippen molar-refractivity contribution in [1.82, 2.24) is 14.8 Å². The number of nitrogens with zero attached hydrogens (tertiary/aromatic N) is 3. The minimum atomic E-state index is 0.767. The van der Waals surface area contributed by atoms with Crippen molar-refractivity contribution in [1.29, 1.82) is 0 Å². The second-order valence-electron chi connectivity index (χ2n) is 3.37. The average Bonchev–Trinajstić information content (AvgIpc) is 2.82. The molecule has 0 aliphatic rings. The van der Waals surface area contributed by atoms with Gasteiger partial charge in [0.15, 0.2) is 5.13 Å². The standard InChI is InChI=1S/C10H14N4OS/c1-6-8(9(15-4)14(3)13-6)7-5-12-10(11-2)16-7/h5H,1-4H3,(H,11,12). The topological polar surface area (TPSA) is 52.0 Å². The first-order chi connectivity index (χ1) is 7.67. The Morgan fingerprint density at radius 2 is 2.25 bits per heavy atom. The van der Waals surface area contributed by atoms with E-state index in [1.54, 1.807) is 23.1 Å². The van der Waals surface area contributed by atoms with Crippen LogP contribution in [-0.4, -0.2) is 28.9 Å². The summed E-state index contributed by atoms with van der Waals surface area (Å²) in [4.78, 5) is 5.31. The number of nitrogens with one attached hydrogen (secondary N) is 1. The molecule has 1 N–H and O–H groups in total. The second-order valence-corrected chi connectivity index (χ2v) is 4.40. The summed E-state index contributed by atoms with van der Waals surface area (Å²) in [6.45, 7) is 1.97. The van der Waals surface area contributed by atoms with Gasteiger partial charge in [-0.05, 0) is 6.92 Å². The van der Waals surface area contributed by atoms with Gasteiger partial charge in [-0.15, -0.1) is 0 Å². The highest BCUT2D eigenvalue weighted by molar-refractivity contribution is 7.18. The van der Waals surface area contributed by atoms with E-state index < -0.39 is 0 Å². The molecule has 5 nitrogen and oxygen atoms in total. The molecule has 0 amide bonds. The number of ether oxygens (including phenoxy) is 1. The highest BCUT2D eigenvalue weighted by Gasteiger charge is 2.17. The van der Waals surface area contributed by atoms with E-state index in [1.807, 2.05) is 27.2 Å². The van der Waals surface area contributed by atoms with E-state index in [2.05, 4.69) is 15.4 Å². The molecule has 86 valence electrons. The molecule has 2 aromatic rings. The third-order valence-corrected chi connectivity index (χ3v) is 3.36. The molecule has 0 unspecified atom stereocenters. The van der Waals surface area contributed by atoms with Crippen LogP contribution in [0.5, 0.6) is 5.88 Å². The minimum Gasteiger partial charge on any atom is -0.481 e. The van der Waals surface area contributed by atoms with E-state index >= 15 is 0 Å². The molecule has 16 heavy (non-hydrogen) atoms. The third-order valence-electron chi connectivity index (χ3n) is 2.33. The van der Waals surface area contributed by atoms with E-state index in [4.69, 9.17) is 4.74 Å². The molecule has 0 aromatic carbocycles. The zero-order valence-corrected chi connectivity index (χ0v) is 10.6. The molecular formula is C10H14N4OS. The van der Waals surface area contributed by atoms with Gasteiger partial charge in [0.2, 0.25) is 5.88 Å². The van der Waals surface area contributed by atoms with Crippen molar-refractivity contribution in [2.45, 2.75) is 6.92 Å². The highest BCUT2D eigenvalue weighted by Crippen LogP contribution is 2.37. The highest BCUT2D eigenvalue weighted by atomic mass is 32.1. The first-order valence-electron chi connectivity index (χ1n) is 4.89. The number of aromatic nitrogens is 3. The Morgan fingerprint density at radius 1 is 1.50 bits per heavy atom.